The molecule has 0 saturated carbocycles. The monoisotopic (exact) mass is 214 g/mol. The summed E-state index contributed by atoms with van der Waals surface area (Å²) in [4.78, 5) is 0. The van der Waals surface area contributed by atoms with E-state index < -0.39 is 0 Å². The van der Waals surface area contributed by atoms with Crippen molar-refractivity contribution in [2.75, 3.05) is 7.11 Å². The third-order valence-corrected chi connectivity index (χ3v) is 2.86. The van der Waals surface area contributed by atoms with Crippen molar-refractivity contribution in [1.29, 1.82) is 0 Å². The molecule has 0 N–H and O–H groups in total. The summed E-state index contributed by atoms with van der Waals surface area (Å²) < 4.78 is 5.48. The van der Waals surface area contributed by atoms with Crippen LogP contribution in [-0.4, -0.2) is 7.11 Å². The first-order valence-electron chi connectivity index (χ1n) is 5.60. The van der Waals surface area contributed by atoms with Gasteiger partial charge < -0.3 is 4.74 Å². The molecule has 0 bridgehead atoms. The number of fused-ring (bicyclic) bond motifs is 1. The molecule has 0 fully saturated rings. The summed E-state index contributed by atoms with van der Waals surface area (Å²) in [7, 11) is 1.74. The zero-order valence-corrected chi connectivity index (χ0v) is 10.4. The summed E-state index contributed by atoms with van der Waals surface area (Å²) in [5.74, 6) is 0.978. The smallest absolute Gasteiger partial charge is 0.123 e. The van der Waals surface area contributed by atoms with E-state index in [2.05, 4.69) is 57.2 Å². The number of ether oxygens (including phenoxy) is 1. The van der Waals surface area contributed by atoms with Gasteiger partial charge in [-0.15, -0.1) is 0 Å². The summed E-state index contributed by atoms with van der Waals surface area (Å²) >= 11 is 0. The minimum Gasteiger partial charge on any atom is -0.496 e. The molecule has 1 nitrogen and oxygen atoms in total. The van der Waals surface area contributed by atoms with Gasteiger partial charge in [0.25, 0.3) is 0 Å². The van der Waals surface area contributed by atoms with Crippen LogP contribution < -0.4 is 4.74 Å². The highest BCUT2D eigenvalue weighted by Crippen LogP contribution is 2.37. The third-order valence-electron chi connectivity index (χ3n) is 2.86. The van der Waals surface area contributed by atoms with Gasteiger partial charge in [-0.3, -0.25) is 0 Å². The van der Waals surface area contributed by atoms with Gasteiger partial charge in [0.2, 0.25) is 0 Å². The third kappa shape index (κ3) is 1.78. The van der Waals surface area contributed by atoms with E-state index in [9.17, 15) is 0 Å². The predicted octanol–water partition coefficient (Wildman–Crippen LogP) is 4.15. The molecule has 0 spiro atoms. The van der Waals surface area contributed by atoms with Crippen LogP contribution in [0, 0.1) is 0 Å². The van der Waals surface area contributed by atoms with E-state index in [-0.39, 0.29) is 5.41 Å². The average Bonchev–Trinajstić information content (AvgIpc) is 2.26. The molecule has 0 aliphatic carbocycles. The van der Waals surface area contributed by atoms with Gasteiger partial charge >= 0.3 is 0 Å². The van der Waals surface area contributed by atoms with E-state index in [4.69, 9.17) is 4.74 Å². The van der Waals surface area contributed by atoms with Gasteiger partial charge in [-0.1, -0.05) is 51.1 Å². The first kappa shape index (κ1) is 11.0. The van der Waals surface area contributed by atoms with Gasteiger partial charge in [-0.05, 0) is 22.3 Å². The molecule has 0 aliphatic rings. The summed E-state index contributed by atoms with van der Waals surface area (Å²) in [5.41, 5.74) is 1.37. The molecule has 84 valence electrons. The van der Waals surface area contributed by atoms with E-state index in [0.717, 1.165) is 5.75 Å². The van der Waals surface area contributed by atoms with Gasteiger partial charge in [0.1, 0.15) is 5.75 Å². The number of hydrogen-bond acceptors (Lipinski definition) is 1. The van der Waals surface area contributed by atoms with Crippen LogP contribution in [0.5, 0.6) is 5.75 Å². The fourth-order valence-electron chi connectivity index (χ4n) is 2.20. The first-order chi connectivity index (χ1) is 7.54. The minimum atomic E-state index is 0.0895. The molecule has 0 radical (unpaired) electrons. The summed E-state index contributed by atoms with van der Waals surface area (Å²) in [6.07, 6.45) is 0. The molecule has 16 heavy (non-hydrogen) atoms. The molecule has 0 heterocycles. The maximum absolute atomic E-state index is 5.48. The Morgan fingerprint density at radius 1 is 0.938 bits per heavy atom. The Morgan fingerprint density at radius 2 is 1.62 bits per heavy atom. The standard InChI is InChI=1S/C15H18O/c1-15(2,3)14-12-8-6-5-7-11(12)9-10-13(14)16-4/h5-10H,1-4H3. The largest absolute Gasteiger partial charge is 0.496 e. The van der Waals surface area contributed by atoms with E-state index >= 15 is 0 Å². The fraction of sp³-hybridized carbons (Fsp3) is 0.333. The molecule has 0 unspecified atom stereocenters. The van der Waals surface area contributed by atoms with Crippen LogP contribution >= 0.6 is 0 Å². The van der Waals surface area contributed by atoms with Gasteiger partial charge in [0, 0.05) is 5.56 Å². The van der Waals surface area contributed by atoms with Crippen LogP contribution in [0.1, 0.15) is 26.3 Å². The van der Waals surface area contributed by atoms with Crippen LogP contribution in [0.25, 0.3) is 10.8 Å². The molecule has 2 aromatic carbocycles. The second-order valence-corrected chi connectivity index (χ2v) is 5.11. The second-order valence-electron chi connectivity index (χ2n) is 5.11. The van der Waals surface area contributed by atoms with E-state index in [1.54, 1.807) is 7.11 Å². The zero-order chi connectivity index (χ0) is 11.8. The molecule has 0 atom stereocenters. The van der Waals surface area contributed by atoms with Gasteiger partial charge in [-0.2, -0.15) is 0 Å². The molecular weight excluding hydrogens is 196 g/mol. The Hall–Kier alpha value is -1.50. The van der Waals surface area contributed by atoms with Crippen LogP contribution in [0.15, 0.2) is 36.4 Å². The highest BCUT2D eigenvalue weighted by atomic mass is 16.5. The summed E-state index contributed by atoms with van der Waals surface area (Å²) in [6, 6.07) is 12.6. The minimum absolute atomic E-state index is 0.0895. The Bertz CT molecular complexity index is 506. The van der Waals surface area contributed by atoms with Crippen LogP contribution in [0.4, 0.5) is 0 Å². The normalized spacial score (nSPS) is 11.8. The summed E-state index contributed by atoms with van der Waals surface area (Å²) in [5, 5.41) is 2.56. The maximum atomic E-state index is 5.48. The topological polar surface area (TPSA) is 9.23 Å². The average molecular weight is 214 g/mol. The molecule has 0 amide bonds. The van der Waals surface area contributed by atoms with Crippen molar-refractivity contribution in [3.8, 4) is 5.75 Å². The van der Waals surface area contributed by atoms with Crippen LogP contribution in [0.3, 0.4) is 0 Å². The van der Waals surface area contributed by atoms with Crippen LogP contribution in [0.2, 0.25) is 0 Å². The Morgan fingerprint density at radius 3 is 2.25 bits per heavy atom. The molecule has 0 saturated heterocycles. The highest BCUT2D eigenvalue weighted by Gasteiger charge is 2.21. The molecule has 2 aromatic rings. The van der Waals surface area contributed by atoms with Crippen molar-refractivity contribution in [3.63, 3.8) is 0 Å². The SMILES string of the molecule is COc1ccc2ccccc2c1C(C)(C)C. The second kappa shape index (κ2) is 3.82. The number of hydrogen-bond donors (Lipinski definition) is 0. The van der Waals surface area contributed by atoms with Crippen molar-refractivity contribution < 1.29 is 4.74 Å². The van der Waals surface area contributed by atoms with Crippen molar-refractivity contribution >= 4 is 10.8 Å². The Balaban J connectivity index is 2.84. The Kier molecular flexibility index (Phi) is 2.63. The van der Waals surface area contributed by atoms with Crippen molar-refractivity contribution in [2.24, 2.45) is 0 Å². The van der Waals surface area contributed by atoms with Crippen molar-refractivity contribution in [2.45, 2.75) is 26.2 Å². The number of benzene rings is 2. The molecule has 2 rings (SSSR count). The first-order valence-corrected chi connectivity index (χ1v) is 5.60. The van der Waals surface area contributed by atoms with Crippen molar-refractivity contribution in [3.05, 3.63) is 42.0 Å². The number of methoxy groups -OCH3 is 1. The fourth-order valence-corrected chi connectivity index (χ4v) is 2.20. The molecule has 1 heteroatoms. The van der Waals surface area contributed by atoms with Gasteiger partial charge in [-0.25, -0.2) is 0 Å². The zero-order valence-electron chi connectivity index (χ0n) is 10.4. The highest BCUT2D eigenvalue weighted by molar-refractivity contribution is 5.88. The molecular formula is C15H18O. The lowest BCUT2D eigenvalue weighted by molar-refractivity contribution is 0.399. The summed E-state index contributed by atoms with van der Waals surface area (Å²) in [6.45, 7) is 6.66. The quantitative estimate of drug-likeness (QED) is 0.693. The van der Waals surface area contributed by atoms with Gasteiger partial charge in [0.05, 0.1) is 7.11 Å². The Labute approximate surface area is 97.1 Å². The predicted molar refractivity (Wildman–Crippen MR) is 69.2 cm³/mol. The van der Waals surface area contributed by atoms with Gasteiger partial charge in [0.15, 0.2) is 0 Å². The number of rotatable bonds is 1. The van der Waals surface area contributed by atoms with E-state index in [0.29, 0.717) is 0 Å². The van der Waals surface area contributed by atoms with E-state index in [1.807, 2.05) is 0 Å². The molecule has 0 aliphatic heterocycles. The maximum Gasteiger partial charge on any atom is 0.123 e. The lowest BCUT2D eigenvalue weighted by Gasteiger charge is -2.24. The lowest BCUT2D eigenvalue weighted by atomic mass is 9.83. The molecule has 0 aromatic heterocycles. The van der Waals surface area contributed by atoms with Crippen molar-refractivity contribution in [1.82, 2.24) is 0 Å². The lowest BCUT2D eigenvalue weighted by Crippen LogP contribution is -2.13. The van der Waals surface area contributed by atoms with Crippen LogP contribution in [-0.2, 0) is 5.41 Å². The van der Waals surface area contributed by atoms with E-state index in [1.165, 1.54) is 16.3 Å².